The van der Waals surface area contributed by atoms with E-state index in [2.05, 4.69) is 10.6 Å². The molecule has 6 heteroatoms. The highest BCUT2D eigenvalue weighted by Crippen LogP contribution is 2.13. The van der Waals surface area contributed by atoms with E-state index in [-0.39, 0.29) is 24.4 Å². The number of ether oxygens (including phenoxy) is 2. The summed E-state index contributed by atoms with van der Waals surface area (Å²) in [5.41, 5.74) is 0. The van der Waals surface area contributed by atoms with Gasteiger partial charge in [-0.1, -0.05) is 0 Å². The Balaban J connectivity index is 2.31. The molecule has 0 aromatic rings. The van der Waals surface area contributed by atoms with E-state index in [1.807, 2.05) is 0 Å². The fraction of sp³-hybridized carbons (Fsp3) is 0.800. The van der Waals surface area contributed by atoms with Crippen LogP contribution in [-0.2, 0) is 19.1 Å². The molecular weight excluding hydrogens is 212 g/mol. The lowest BCUT2D eigenvalue weighted by Crippen LogP contribution is -2.44. The quantitative estimate of drug-likeness (QED) is 0.586. The van der Waals surface area contributed by atoms with Crippen LogP contribution in [0, 0.1) is 5.92 Å². The molecule has 0 saturated carbocycles. The van der Waals surface area contributed by atoms with E-state index in [0.717, 1.165) is 0 Å². The molecule has 1 aliphatic heterocycles. The number of nitrogens with one attached hydrogen (secondary N) is 2. The second-order valence-corrected chi connectivity index (χ2v) is 3.56. The molecule has 0 aliphatic carbocycles. The minimum atomic E-state index is -0.421. The molecule has 1 fully saturated rings. The van der Waals surface area contributed by atoms with Gasteiger partial charge in [0.15, 0.2) is 0 Å². The number of carbonyl (C=O) groups excluding carboxylic acids is 2. The first-order valence-electron chi connectivity index (χ1n) is 5.37. The third-order valence-corrected chi connectivity index (χ3v) is 2.50. The number of amides is 1. The Morgan fingerprint density at radius 1 is 1.44 bits per heavy atom. The van der Waals surface area contributed by atoms with E-state index < -0.39 is 5.97 Å². The molecule has 2 atom stereocenters. The zero-order valence-electron chi connectivity index (χ0n) is 9.62. The van der Waals surface area contributed by atoms with Crippen LogP contribution in [0.15, 0.2) is 0 Å². The Morgan fingerprint density at radius 2 is 2.19 bits per heavy atom. The largest absolute Gasteiger partial charge is 0.465 e. The van der Waals surface area contributed by atoms with E-state index in [1.54, 1.807) is 14.0 Å². The molecule has 0 aromatic heterocycles. The molecule has 0 aromatic carbocycles. The van der Waals surface area contributed by atoms with Crippen LogP contribution < -0.4 is 10.6 Å². The molecule has 1 aliphatic rings. The maximum Gasteiger partial charge on any atom is 0.325 e. The monoisotopic (exact) mass is 230 g/mol. The first kappa shape index (κ1) is 12.9. The van der Waals surface area contributed by atoms with Crippen LogP contribution >= 0.6 is 0 Å². The van der Waals surface area contributed by atoms with Crippen LogP contribution in [-0.4, -0.2) is 51.3 Å². The lowest BCUT2D eigenvalue weighted by molar-refractivity contribution is -0.143. The van der Waals surface area contributed by atoms with Gasteiger partial charge < -0.3 is 20.1 Å². The average Bonchev–Trinajstić information content (AvgIpc) is 2.74. The van der Waals surface area contributed by atoms with Crippen molar-refractivity contribution in [3.05, 3.63) is 0 Å². The normalized spacial score (nSPS) is 24.1. The highest BCUT2D eigenvalue weighted by atomic mass is 16.5. The van der Waals surface area contributed by atoms with E-state index in [0.29, 0.717) is 19.8 Å². The Morgan fingerprint density at radius 3 is 2.81 bits per heavy atom. The molecule has 2 unspecified atom stereocenters. The maximum atomic E-state index is 11.7. The highest BCUT2D eigenvalue weighted by molar-refractivity contribution is 5.84. The average molecular weight is 230 g/mol. The van der Waals surface area contributed by atoms with Crippen molar-refractivity contribution in [2.45, 2.75) is 13.0 Å². The number of likely N-dealkylation sites (N-methyl/N-ethyl adjacent to an activating group) is 1. The summed E-state index contributed by atoms with van der Waals surface area (Å²) < 4.78 is 9.90. The van der Waals surface area contributed by atoms with Crippen LogP contribution in [0.1, 0.15) is 6.92 Å². The van der Waals surface area contributed by atoms with E-state index in [4.69, 9.17) is 9.47 Å². The molecule has 1 rings (SSSR count). The molecule has 16 heavy (non-hydrogen) atoms. The Labute approximate surface area is 94.7 Å². The van der Waals surface area contributed by atoms with E-state index in [9.17, 15) is 9.59 Å². The van der Waals surface area contributed by atoms with Crippen molar-refractivity contribution in [1.29, 1.82) is 0 Å². The van der Waals surface area contributed by atoms with Crippen molar-refractivity contribution in [3.63, 3.8) is 0 Å². The highest BCUT2D eigenvalue weighted by Gasteiger charge is 2.32. The van der Waals surface area contributed by atoms with Crippen LogP contribution in [0.25, 0.3) is 0 Å². The zero-order valence-corrected chi connectivity index (χ0v) is 9.62. The minimum absolute atomic E-state index is 0.0159. The first-order chi connectivity index (χ1) is 7.69. The Hall–Kier alpha value is -1.14. The van der Waals surface area contributed by atoms with Crippen molar-refractivity contribution in [3.8, 4) is 0 Å². The van der Waals surface area contributed by atoms with Gasteiger partial charge in [-0.25, -0.2) is 0 Å². The molecule has 0 spiro atoms. The molecule has 2 N–H and O–H groups in total. The number of rotatable bonds is 5. The summed E-state index contributed by atoms with van der Waals surface area (Å²) in [4.78, 5) is 22.7. The number of esters is 1. The molecule has 92 valence electrons. The smallest absolute Gasteiger partial charge is 0.325 e. The zero-order chi connectivity index (χ0) is 12.0. The van der Waals surface area contributed by atoms with Gasteiger partial charge in [-0.2, -0.15) is 0 Å². The third-order valence-electron chi connectivity index (χ3n) is 2.50. The predicted octanol–water partition coefficient (Wildman–Crippen LogP) is -1.10. The van der Waals surface area contributed by atoms with Gasteiger partial charge in [0.25, 0.3) is 0 Å². The van der Waals surface area contributed by atoms with Crippen molar-refractivity contribution in [2.24, 2.45) is 5.92 Å². The van der Waals surface area contributed by atoms with Gasteiger partial charge in [0.05, 0.1) is 25.7 Å². The molecular formula is C10H18N2O4. The van der Waals surface area contributed by atoms with Crippen molar-refractivity contribution < 1.29 is 19.1 Å². The third kappa shape index (κ3) is 3.46. The minimum Gasteiger partial charge on any atom is -0.465 e. The summed E-state index contributed by atoms with van der Waals surface area (Å²) in [6.07, 6.45) is 0. The van der Waals surface area contributed by atoms with Gasteiger partial charge in [-0.3, -0.25) is 9.59 Å². The maximum absolute atomic E-state index is 11.7. The molecule has 1 amide bonds. The summed E-state index contributed by atoms with van der Waals surface area (Å²) in [6, 6.07) is 0.0159. The van der Waals surface area contributed by atoms with Crippen LogP contribution in [0.3, 0.4) is 0 Å². The van der Waals surface area contributed by atoms with Gasteiger partial charge >= 0.3 is 5.97 Å². The van der Waals surface area contributed by atoms with Crippen molar-refractivity contribution in [2.75, 3.05) is 33.4 Å². The number of hydrogen-bond acceptors (Lipinski definition) is 5. The number of hydrogen-bond donors (Lipinski definition) is 2. The second-order valence-electron chi connectivity index (χ2n) is 3.56. The topological polar surface area (TPSA) is 76.7 Å². The lowest BCUT2D eigenvalue weighted by atomic mass is 10.0. The molecule has 0 bridgehead atoms. The first-order valence-corrected chi connectivity index (χ1v) is 5.37. The molecule has 1 saturated heterocycles. The van der Waals surface area contributed by atoms with Gasteiger partial charge in [0.1, 0.15) is 6.54 Å². The predicted molar refractivity (Wildman–Crippen MR) is 56.8 cm³/mol. The van der Waals surface area contributed by atoms with Crippen LogP contribution in [0.4, 0.5) is 0 Å². The van der Waals surface area contributed by atoms with Gasteiger partial charge in [-0.15, -0.1) is 0 Å². The van der Waals surface area contributed by atoms with Gasteiger partial charge in [0.2, 0.25) is 5.91 Å². The summed E-state index contributed by atoms with van der Waals surface area (Å²) in [7, 11) is 1.78. The van der Waals surface area contributed by atoms with Crippen LogP contribution in [0.2, 0.25) is 0 Å². The second kappa shape index (κ2) is 6.44. The molecule has 1 heterocycles. The molecule has 6 nitrogen and oxygen atoms in total. The standard InChI is InChI=1S/C10H18N2O4/c1-3-16-9(13)4-12-10(14)7-5-15-6-8(7)11-2/h7-8,11H,3-6H2,1-2H3,(H,12,14). The van der Waals surface area contributed by atoms with Crippen molar-refractivity contribution in [1.82, 2.24) is 10.6 Å². The summed E-state index contributed by atoms with van der Waals surface area (Å²) in [5, 5.41) is 5.55. The van der Waals surface area contributed by atoms with E-state index >= 15 is 0 Å². The van der Waals surface area contributed by atoms with Gasteiger partial charge in [0, 0.05) is 6.04 Å². The van der Waals surface area contributed by atoms with E-state index in [1.165, 1.54) is 0 Å². The summed E-state index contributed by atoms with van der Waals surface area (Å²) in [6.45, 7) is 2.87. The Kier molecular flexibility index (Phi) is 5.21. The summed E-state index contributed by atoms with van der Waals surface area (Å²) >= 11 is 0. The Bertz CT molecular complexity index is 257. The SMILES string of the molecule is CCOC(=O)CNC(=O)C1COCC1NC. The summed E-state index contributed by atoms with van der Waals surface area (Å²) in [5.74, 6) is -0.833. The fourth-order valence-corrected chi connectivity index (χ4v) is 1.60. The van der Waals surface area contributed by atoms with Gasteiger partial charge in [-0.05, 0) is 14.0 Å². The van der Waals surface area contributed by atoms with Crippen LogP contribution in [0.5, 0.6) is 0 Å². The fourth-order valence-electron chi connectivity index (χ4n) is 1.60. The van der Waals surface area contributed by atoms with Crippen molar-refractivity contribution >= 4 is 11.9 Å². The molecule has 0 radical (unpaired) electrons. The number of carbonyl (C=O) groups is 2. The lowest BCUT2D eigenvalue weighted by Gasteiger charge is -2.15.